The van der Waals surface area contributed by atoms with E-state index in [0.717, 1.165) is 0 Å². The van der Waals surface area contributed by atoms with Crippen LogP contribution in [0.1, 0.15) is 30.9 Å². The van der Waals surface area contributed by atoms with Crippen LogP contribution in [0.15, 0.2) is 23.1 Å². The van der Waals surface area contributed by atoms with Gasteiger partial charge in [0.1, 0.15) is 0 Å². The number of thioether (sulfide) groups is 1. The standard InChI is InChI=1S/C13H17NOS/c1-2-13(15)14-9-10-5-6-12-11(8-10)4-3-7-16-12/h5-6,8H,2-4,7,9H2,1H3,(H,14,15). The predicted molar refractivity (Wildman–Crippen MR) is 67.6 cm³/mol. The molecule has 1 amide bonds. The molecule has 1 heterocycles. The number of hydrogen-bond acceptors (Lipinski definition) is 2. The van der Waals surface area contributed by atoms with Crippen LogP contribution >= 0.6 is 11.8 Å². The second-order valence-corrected chi connectivity index (χ2v) is 5.16. The summed E-state index contributed by atoms with van der Waals surface area (Å²) in [6.45, 7) is 2.53. The van der Waals surface area contributed by atoms with Gasteiger partial charge >= 0.3 is 0 Å². The summed E-state index contributed by atoms with van der Waals surface area (Å²) in [4.78, 5) is 12.6. The Kier molecular flexibility index (Phi) is 3.88. The van der Waals surface area contributed by atoms with Crippen molar-refractivity contribution in [3.8, 4) is 0 Å². The van der Waals surface area contributed by atoms with Gasteiger partial charge in [-0.25, -0.2) is 0 Å². The Morgan fingerprint density at radius 1 is 1.50 bits per heavy atom. The molecule has 2 nitrogen and oxygen atoms in total. The van der Waals surface area contributed by atoms with Crippen molar-refractivity contribution in [2.45, 2.75) is 37.6 Å². The number of nitrogens with one attached hydrogen (secondary N) is 1. The van der Waals surface area contributed by atoms with Gasteiger partial charge in [-0.2, -0.15) is 0 Å². The molecular weight excluding hydrogens is 218 g/mol. The van der Waals surface area contributed by atoms with Crippen molar-refractivity contribution < 1.29 is 4.79 Å². The van der Waals surface area contributed by atoms with Crippen LogP contribution in [-0.4, -0.2) is 11.7 Å². The number of aryl methyl sites for hydroxylation is 1. The Hall–Kier alpha value is -0.960. The first-order valence-electron chi connectivity index (χ1n) is 5.81. The maximum atomic E-state index is 11.2. The predicted octanol–water partition coefficient (Wildman–Crippen LogP) is 2.75. The van der Waals surface area contributed by atoms with E-state index >= 15 is 0 Å². The smallest absolute Gasteiger partial charge is 0.219 e. The number of rotatable bonds is 3. The van der Waals surface area contributed by atoms with Crippen LogP contribution in [0.3, 0.4) is 0 Å². The molecule has 0 saturated heterocycles. The zero-order valence-electron chi connectivity index (χ0n) is 9.58. The van der Waals surface area contributed by atoms with E-state index < -0.39 is 0 Å². The zero-order valence-corrected chi connectivity index (χ0v) is 10.4. The SMILES string of the molecule is CCC(=O)NCc1ccc2c(c1)CCCS2. The van der Waals surface area contributed by atoms with Gasteiger partial charge in [0.05, 0.1) is 0 Å². The van der Waals surface area contributed by atoms with Gasteiger partial charge in [-0.3, -0.25) is 4.79 Å². The van der Waals surface area contributed by atoms with Crippen molar-refractivity contribution in [2.24, 2.45) is 0 Å². The molecule has 3 heteroatoms. The second-order valence-electron chi connectivity index (χ2n) is 4.02. The molecule has 0 atom stereocenters. The molecule has 0 saturated carbocycles. The number of carbonyl (C=O) groups excluding carboxylic acids is 1. The van der Waals surface area contributed by atoms with Gasteiger partial charge in [0.15, 0.2) is 0 Å². The first-order valence-corrected chi connectivity index (χ1v) is 6.79. The summed E-state index contributed by atoms with van der Waals surface area (Å²) < 4.78 is 0. The summed E-state index contributed by atoms with van der Waals surface area (Å²) >= 11 is 1.94. The van der Waals surface area contributed by atoms with Crippen LogP contribution in [0, 0.1) is 0 Å². The summed E-state index contributed by atoms with van der Waals surface area (Å²) in [5.41, 5.74) is 2.66. The molecule has 1 aromatic rings. The molecule has 1 aromatic carbocycles. The molecule has 0 unspecified atom stereocenters. The van der Waals surface area contributed by atoms with Gasteiger partial charge in [-0.1, -0.05) is 19.1 Å². The first kappa shape index (κ1) is 11.5. The van der Waals surface area contributed by atoms with E-state index in [-0.39, 0.29) is 5.91 Å². The molecule has 1 N–H and O–H groups in total. The zero-order chi connectivity index (χ0) is 11.4. The monoisotopic (exact) mass is 235 g/mol. The van der Waals surface area contributed by atoms with Gasteiger partial charge in [0.2, 0.25) is 5.91 Å². The lowest BCUT2D eigenvalue weighted by Gasteiger charge is -2.16. The fourth-order valence-electron chi connectivity index (χ4n) is 1.85. The number of carbonyl (C=O) groups is 1. The molecular formula is C13H17NOS. The van der Waals surface area contributed by atoms with Crippen LogP contribution in [-0.2, 0) is 17.8 Å². The van der Waals surface area contributed by atoms with Crippen LogP contribution in [0.25, 0.3) is 0 Å². The van der Waals surface area contributed by atoms with Crippen LogP contribution in [0.5, 0.6) is 0 Å². The summed E-state index contributed by atoms with van der Waals surface area (Å²) in [7, 11) is 0. The van der Waals surface area contributed by atoms with Crippen molar-refractivity contribution in [3.63, 3.8) is 0 Å². The van der Waals surface area contributed by atoms with Crippen molar-refractivity contribution >= 4 is 17.7 Å². The Morgan fingerprint density at radius 3 is 3.19 bits per heavy atom. The highest BCUT2D eigenvalue weighted by Crippen LogP contribution is 2.30. The molecule has 1 aliphatic heterocycles. The highest BCUT2D eigenvalue weighted by Gasteiger charge is 2.09. The Labute approximate surface area is 101 Å². The lowest BCUT2D eigenvalue weighted by atomic mass is 10.1. The summed E-state index contributed by atoms with van der Waals surface area (Å²) in [5, 5.41) is 2.91. The van der Waals surface area contributed by atoms with Gasteiger partial charge in [-0.15, -0.1) is 11.8 Å². The van der Waals surface area contributed by atoms with Crippen LogP contribution in [0.4, 0.5) is 0 Å². The van der Waals surface area contributed by atoms with Crippen molar-refractivity contribution in [1.29, 1.82) is 0 Å². The third kappa shape index (κ3) is 2.79. The molecule has 0 aromatic heterocycles. The lowest BCUT2D eigenvalue weighted by Crippen LogP contribution is -2.21. The van der Waals surface area contributed by atoms with Gasteiger partial charge in [0.25, 0.3) is 0 Å². The third-order valence-corrected chi connectivity index (χ3v) is 3.99. The largest absolute Gasteiger partial charge is 0.352 e. The van der Waals surface area contributed by atoms with Gasteiger partial charge < -0.3 is 5.32 Å². The minimum Gasteiger partial charge on any atom is -0.352 e. The van der Waals surface area contributed by atoms with E-state index in [4.69, 9.17) is 0 Å². The minimum atomic E-state index is 0.118. The molecule has 0 bridgehead atoms. The van der Waals surface area contributed by atoms with E-state index in [1.807, 2.05) is 18.7 Å². The van der Waals surface area contributed by atoms with Gasteiger partial charge in [-0.05, 0) is 35.8 Å². The number of fused-ring (bicyclic) bond motifs is 1. The highest BCUT2D eigenvalue weighted by molar-refractivity contribution is 7.99. The fraction of sp³-hybridized carbons (Fsp3) is 0.462. The van der Waals surface area contributed by atoms with Gasteiger partial charge in [0, 0.05) is 17.9 Å². The molecule has 86 valence electrons. The number of amides is 1. The molecule has 1 aliphatic rings. The lowest BCUT2D eigenvalue weighted by molar-refractivity contribution is -0.120. The number of benzene rings is 1. The Bertz CT molecular complexity index is 390. The molecule has 0 spiro atoms. The van der Waals surface area contributed by atoms with Crippen molar-refractivity contribution in [2.75, 3.05) is 5.75 Å². The number of hydrogen-bond donors (Lipinski definition) is 1. The van der Waals surface area contributed by atoms with E-state index in [0.29, 0.717) is 13.0 Å². The summed E-state index contributed by atoms with van der Waals surface area (Å²) in [5.74, 6) is 1.35. The average Bonchev–Trinajstić information content (AvgIpc) is 2.35. The quantitative estimate of drug-likeness (QED) is 0.873. The van der Waals surface area contributed by atoms with E-state index in [1.54, 1.807) is 0 Å². The van der Waals surface area contributed by atoms with Crippen LogP contribution in [0.2, 0.25) is 0 Å². The van der Waals surface area contributed by atoms with E-state index in [1.165, 1.54) is 34.6 Å². The third-order valence-electron chi connectivity index (χ3n) is 2.78. The van der Waals surface area contributed by atoms with Crippen molar-refractivity contribution in [3.05, 3.63) is 29.3 Å². The summed E-state index contributed by atoms with van der Waals surface area (Å²) in [6.07, 6.45) is 3.00. The maximum absolute atomic E-state index is 11.2. The molecule has 16 heavy (non-hydrogen) atoms. The first-order chi connectivity index (χ1) is 7.79. The minimum absolute atomic E-state index is 0.118. The second kappa shape index (κ2) is 5.39. The maximum Gasteiger partial charge on any atom is 0.219 e. The Balaban J connectivity index is 2.03. The van der Waals surface area contributed by atoms with E-state index in [9.17, 15) is 4.79 Å². The highest BCUT2D eigenvalue weighted by atomic mass is 32.2. The van der Waals surface area contributed by atoms with E-state index in [2.05, 4.69) is 23.5 Å². The normalized spacial score (nSPS) is 14.3. The fourth-order valence-corrected chi connectivity index (χ4v) is 2.87. The Morgan fingerprint density at radius 2 is 2.38 bits per heavy atom. The van der Waals surface area contributed by atoms with Crippen molar-refractivity contribution in [1.82, 2.24) is 5.32 Å². The van der Waals surface area contributed by atoms with Crippen LogP contribution < -0.4 is 5.32 Å². The molecule has 0 radical (unpaired) electrons. The molecule has 0 fully saturated rings. The topological polar surface area (TPSA) is 29.1 Å². The summed E-state index contributed by atoms with van der Waals surface area (Å²) in [6, 6.07) is 6.54. The molecule has 0 aliphatic carbocycles. The molecule has 2 rings (SSSR count). The average molecular weight is 235 g/mol.